The molecular formula is C13H17BrF2. The zero-order valence-corrected chi connectivity index (χ0v) is 11.4. The van der Waals surface area contributed by atoms with Gasteiger partial charge in [0.2, 0.25) is 0 Å². The molecule has 0 aliphatic heterocycles. The second-order valence-electron chi connectivity index (χ2n) is 5.27. The maximum Gasteiger partial charge on any atom is 0.129 e. The number of hydrogen-bond donors (Lipinski definition) is 0. The lowest BCUT2D eigenvalue weighted by molar-refractivity contribution is 0.371. The molecule has 0 radical (unpaired) electrons. The predicted molar refractivity (Wildman–Crippen MR) is 66.8 cm³/mol. The fourth-order valence-electron chi connectivity index (χ4n) is 1.69. The third kappa shape index (κ3) is 4.20. The lowest BCUT2D eigenvalue weighted by Gasteiger charge is -2.22. The summed E-state index contributed by atoms with van der Waals surface area (Å²) in [6.07, 6.45) is 1.26. The second-order valence-corrected chi connectivity index (χ2v) is 6.56. The van der Waals surface area contributed by atoms with E-state index in [0.29, 0.717) is 6.42 Å². The Balaban J connectivity index is 2.73. The van der Waals surface area contributed by atoms with E-state index in [4.69, 9.17) is 0 Å². The van der Waals surface area contributed by atoms with E-state index in [0.717, 1.165) is 6.42 Å². The van der Waals surface area contributed by atoms with Gasteiger partial charge in [0, 0.05) is 10.4 Å². The fraction of sp³-hybridized carbons (Fsp3) is 0.538. The molecule has 0 aliphatic rings. The van der Waals surface area contributed by atoms with Gasteiger partial charge in [-0.2, -0.15) is 0 Å². The van der Waals surface area contributed by atoms with Crippen LogP contribution in [0.5, 0.6) is 0 Å². The van der Waals surface area contributed by atoms with E-state index in [1.54, 1.807) is 0 Å². The van der Waals surface area contributed by atoms with Gasteiger partial charge in [0.1, 0.15) is 11.6 Å². The normalized spacial score (nSPS) is 13.9. The molecule has 1 rings (SSSR count). The summed E-state index contributed by atoms with van der Waals surface area (Å²) in [6.45, 7) is 6.33. The molecule has 1 aromatic rings. The summed E-state index contributed by atoms with van der Waals surface area (Å²) >= 11 is 3.49. The maximum atomic E-state index is 13.4. The molecule has 0 spiro atoms. The molecule has 16 heavy (non-hydrogen) atoms. The van der Waals surface area contributed by atoms with Crippen molar-refractivity contribution in [2.75, 3.05) is 0 Å². The summed E-state index contributed by atoms with van der Waals surface area (Å²) < 4.78 is 26.8. The zero-order valence-electron chi connectivity index (χ0n) is 9.86. The molecule has 0 aliphatic carbocycles. The Hall–Kier alpha value is -0.440. The highest BCUT2D eigenvalue weighted by molar-refractivity contribution is 9.09. The molecule has 0 N–H and O–H groups in total. The molecule has 0 fully saturated rings. The lowest BCUT2D eigenvalue weighted by Crippen LogP contribution is -2.16. The van der Waals surface area contributed by atoms with Crippen molar-refractivity contribution in [2.24, 2.45) is 5.41 Å². The summed E-state index contributed by atoms with van der Waals surface area (Å²) in [5, 5.41) is 0. The van der Waals surface area contributed by atoms with Gasteiger partial charge in [-0.1, -0.05) is 42.8 Å². The van der Waals surface area contributed by atoms with Gasteiger partial charge >= 0.3 is 0 Å². The van der Waals surface area contributed by atoms with Crippen LogP contribution in [0.2, 0.25) is 0 Å². The van der Waals surface area contributed by atoms with Gasteiger partial charge in [0.05, 0.1) is 0 Å². The van der Waals surface area contributed by atoms with Crippen LogP contribution in [0.1, 0.15) is 32.8 Å². The van der Waals surface area contributed by atoms with E-state index in [-0.39, 0.29) is 15.8 Å². The number of hydrogen-bond acceptors (Lipinski definition) is 0. The molecule has 0 saturated carbocycles. The van der Waals surface area contributed by atoms with Crippen molar-refractivity contribution in [1.82, 2.24) is 0 Å². The minimum Gasteiger partial charge on any atom is -0.207 e. The lowest BCUT2D eigenvalue weighted by atomic mass is 9.89. The number of rotatable bonds is 3. The molecule has 90 valence electrons. The fourth-order valence-corrected chi connectivity index (χ4v) is 2.98. The maximum absolute atomic E-state index is 13.4. The molecule has 1 aromatic carbocycles. The van der Waals surface area contributed by atoms with Crippen molar-refractivity contribution < 1.29 is 8.78 Å². The second kappa shape index (κ2) is 5.26. The minimum absolute atomic E-state index is 0.0962. The van der Waals surface area contributed by atoms with Crippen LogP contribution in [0.15, 0.2) is 18.2 Å². The van der Waals surface area contributed by atoms with Gasteiger partial charge in [-0.15, -0.1) is 0 Å². The molecular weight excluding hydrogens is 274 g/mol. The molecule has 0 saturated heterocycles. The molecule has 0 amide bonds. The van der Waals surface area contributed by atoms with Crippen LogP contribution in [0, 0.1) is 17.0 Å². The topological polar surface area (TPSA) is 0 Å². The largest absolute Gasteiger partial charge is 0.207 e. The van der Waals surface area contributed by atoms with Crippen LogP contribution in [0.4, 0.5) is 8.78 Å². The first-order valence-electron chi connectivity index (χ1n) is 5.36. The number of benzene rings is 1. The van der Waals surface area contributed by atoms with E-state index in [2.05, 4.69) is 36.7 Å². The van der Waals surface area contributed by atoms with Crippen molar-refractivity contribution in [3.63, 3.8) is 0 Å². The number of alkyl halides is 1. The summed E-state index contributed by atoms with van der Waals surface area (Å²) in [6, 6.07) is 3.99. The van der Waals surface area contributed by atoms with Gasteiger partial charge < -0.3 is 0 Å². The van der Waals surface area contributed by atoms with E-state index in [1.807, 2.05) is 0 Å². The Kier molecular flexibility index (Phi) is 4.48. The molecule has 1 unspecified atom stereocenters. The highest BCUT2D eigenvalue weighted by Gasteiger charge is 2.19. The Morgan fingerprint density at radius 2 is 1.69 bits per heavy atom. The average Bonchev–Trinajstić information content (AvgIpc) is 2.08. The van der Waals surface area contributed by atoms with Crippen molar-refractivity contribution >= 4 is 15.9 Å². The van der Waals surface area contributed by atoms with Crippen LogP contribution in [-0.4, -0.2) is 4.83 Å². The summed E-state index contributed by atoms with van der Waals surface area (Å²) in [4.78, 5) is 0.0962. The van der Waals surface area contributed by atoms with Crippen molar-refractivity contribution in [3.05, 3.63) is 35.4 Å². The van der Waals surface area contributed by atoms with Gasteiger partial charge in [-0.3, -0.25) is 0 Å². The van der Waals surface area contributed by atoms with Gasteiger partial charge in [-0.25, -0.2) is 8.78 Å². The monoisotopic (exact) mass is 290 g/mol. The van der Waals surface area contributed by atoms with E-state index in [9.17, 15) is 8.78 Å². The predicted octanol–water partition coefficient (Wildman–Crippen LogP) is 4.71. The molecule has 0 aromatic heterocycles. The van der Waals surface area contributed by atoms with E-state index < -0.39 is 11.6 Å². The van der Waals surface area contributed by atoms with Crippen LogP contribution < -0.4 is 0 Å². The Bertz CT molecular complexity index is 335. The molecule has 1 atom stereocenters. The van der Waals surface area contributed by atoms with Crippen LogP contribution in [0.3, 0.4) is 0 Å². The number of halogens is 3. The van der Waals surface area contributed by atoms with Gasteiger partial charge in [-0.05, 0) is 30.4 Å². The molecule has 0 heterocycles. The molecule has 3 heteroatoms. The molecule has 0 nitrogen and oxygen atoms in total. The molecule has 0 bridgehead atoms. The van der Waals surface area contributed by atoms with E-state index >= 15 is 0 Å². The summed E-state index contributed by atoms with van der Waals surface area (Å²) in [5.41, 5.74) is 0.323. The SMILES string of the molecule is CC(C)(C)CC(Br)Cc1c(F)cccc1F. The average molecular weight is 291 g/mol. The Morgan fingerprint density at radius 3 is 2.12 bits per heavy atom. The summed E-state index contributed by atoms with van der Waals surface area (Å²) in [5.74, 6) is -0.920. The third-order valence-corrected chi connectivity index (χ3v) is 2.97. The van der Waals surface area contributed by atoms with Gasteiger partial charge in [0.25, 0.3) is 0 Å². The standard InChI is InChI=1S/C13H17BrF2/c1-13(2,3)8-9(14)7-10-11(15)5-4-6-12(10)16/h4-6,9H,7-8H2,1-3H3. The van der Waals surface area contributed by atoms with Crippen molar-refractivity contribution in [2.45, 2.75) is 38.4 Å². The highest BCUT2D eigenvalue weighted by Crippen LogP contribution is 2.28. The minimum atomic E-state index is -0.460. The first kappa shape index (κ1) is 13.6. The zero-order chi connectivity index (χ0) is 12.3. The van der Waals surface area contributed by atoms with Gasteiger partial charge in [0.15, 0.2) is 0 Å². The summed E-state index contributed by atoms with van der Waals surface area (Å²) in [7, 11) is 0. The first-order chi connectivity index (χ1) is 7.29. The van der Waals surface area contributed by atoms with Crippen LogP contribution in [-0.2, 0) is 6.42 Å². The Labute approximate surface area is 104 Å². The smallest absolute Gasteiger partial charge is 0.129 e. The van der Waals surface area contributed by atoms with Crippen LogP contribution in [0.25, 0.3) is 0 Å². The van der Waals surface area contributed by atoms with Crippen molar-refractivity contribution in [1.29, 1.82) is 0 Å². The van der Waals surface area contributed by atoms with E-state index in [1.165, 1.54) is 18.2 Å². The Morgan fingerprint density at radius 1 is 1.19 bits per heavy atom. The van der Waals surface area contributed by atoms with Crippen LogP contribution >= 0.6 is 15.9 Å². The van der Waals surface area contributed by atoms with Crippen molar-refractivity contribution in [3.8, 4) is 0 Å². The highest BCUT2D eigenvalue weighted by atomic mass is 79.9. The third-order valence-electron chi connectivity index (χ3n) is 2.32. The quantitative estimate of drug-likeness (QED) is 0.708. The first-order valence-corrected chi connectivity index (χ1v) is 6.28.